The van der Waals surface area contributed by atoms with Crippen molar-refractivity contribution in [3.05, 3.63) is 83.2 Å². The molecule has 0 aliphatic heterocycles. The van der Waals surface area contributed by atoms with Crippen molar-refractivity contribution in [3.63, 3.8) is 0 Å². The van der Waals surface area contributed by atoms with Crippen molar-refractivity contribution in [3.8, 4) is 17.5 Å². The van der Waals surface area contributed by atoms with E-state index in [0.717, 1.165) is 28.0 Å². The number of fused-ring (bicyclic) bond motifs is 1. The highest BCUT2D eigenvalue weighted by Gasteiger charge is 2.14. The molecule has 0 fully saturated rings. The number of hydrogen-bond acceptors (Lipinski definition) is 3. The van der Waals surface area contributed by atoms with Crippen LogP contribution in [0.3, 0.4) is 0 Å². The van der Waals surface area contributed by atoms with Crippen LogP contribution in [-0.4, -0.2) is 14.5 Å². The highest BCUT2D eigenvalue weighted by molar-refractivity contribution is 5.82. The van der Waals surface area contributed by atoms with Crippen molar-refractivity contribution < 1.29 is 0 Å². The molecule has 4 nitrogen and oxygen atoms in total. The lowest BCUT2D eigenvalue weighted by Gasteiger charge is -2.10. The normalized spacial score (nSPS) is 10.8. The summed E-state index contributed by atoms with van der Waals surface area (Å²) in [6, 6.07) is 18.2. The minimum Gasteiger partial charge on any atom is -0.319 e. The molecule has 0 N–H and O–H groups in total. The predicted octanol–water partition coefficient (Wildman–Crippen LogP) is 4.64. The lowest BCUT2D eigenvalue weighted by Crippen LogP contribution is -2.03. The summed E-state index contributed by atoms with van der Waals surface area (Å²) in [6.45, 7) is 4.89. The van der Waals surface area contributed by atoms with Crippen LogP contribution in [-0.2, 0) is 6.54 Å². The molecule has 0 amide bonds. The third-order valence-electron chi connectivity index (χ3n) is 4.70. The van der Waals surface area contributed by atoms with E-state index in [2.05, 4.69) is 41.6 Å². The molecule has 2 aromatic heterocycles. The molecule has 0 saturated heterocycles. The molecule has 0 unspecified atom stereocenters. The number of nitriles is 1. The van der Waals surface area contributed by atoms with E-state index >= 15 is 0 Å². The maximum atomic E-state index is 9.18. The van der Waals surface area contributed by atoms with Gasteiger partial charge in [0.15, 0.2) is 0 Å². The van der Waals surface area contributed by atoms with Gasteiger partial charge in [-0.2, -0.15) is 5.26 Å². The number of imidazole rings is 1. The molecule has 26 heavy (non-hydrogen) atoms. The van der Waals surface area contributed by atoms with E-state index in [4.69, 9.17) is 4.98 Å². The van der Waals surface area contributed by atoms with Crippen LogP contribution in [0.5, 0.6) is 0 Å². The molecule has 2 heterocycles. The first-order valence-electron chi connectivity index (χ1n) is 8.52. The Bertz CT molecular complexity index is 1130. The van der Waals surface area contributed by atoms with Crippen molar-refractivity contribution in [1.82, 2.24) is 14.5 Å². The molecule has 0 radical (unpaired) electrons. The summed E-state index contributed by atoms with van der Waals surface area (Å²) in [7, 11) is 0. The molecular formula is C22H18N4. The van der Waals surface area contributed by atoms with E-state index < -0.39 is 0 Å². The summed E-state index contributed by atoms with van der Waals surface area (Å²) in [5.41, 5.74) is 7.34. The first-order valence-corrected chi connectivity index (χ1v) is 8.52. The van der Waals surface area contributed by atoms with Crippen LogP contribution >= 0.6 is 0 Å². The van der Waals surface area contributed by atoms with Crippen LogP contribution in [0.4, 0.5) is 0 Å². The third-order valence-corrected chi connectivity index (χ3v) is 4.70. The second-order valence-corrected chi connectivity index (χ2v) is 6.49. The van der Waals surface area contributed by atoms with Crippen LogP contribution in [0.2, 0.25) is 0 Å². The van der Waals surface area contributed by atoms with Gasteiger partial charge in [-0.05, 0) is 66.9 Å². The summed E-state index contributed by atoms with van der Waals surface area (Å²) >= 11 is 0. The Morgan fingerprint density at radius 1 is 1.00 bits per heavy atom. The minimum atomic E-state index is 0.659. The van der Waals surface area contributed by atoms with Gasteiger partial charge < -0.3 is 4.57 Å². The molecule has 0 bridgehead atoms. The van der Waals surface area contributed by atoms with Crippen molar-refractivity contribution >= 4 is 11.0 Å². The van der Waals surface area contributed by atoms with Crippen LogP contribution in [0.25, 0.3) is 22.4 Å². The van der Waals surface area contributed by atoms with Gasteiger partial charge in [0.25, 0.3) is 0 Å². The lowest BCUT2D eigenvalue weighted by molar-refractivity contribution is 0.833. The van der Waals surface area contributed by atoms with Gasteiger partial charge in [0.2, 0.25) is 0 Å². The molecule has 126 valence electrons. The summed E-state index contributed by atoms with van der Waals surface area (Å²) in [6.07, 6.45) is 3.57. The van der Waals surface area contributed by atoms with E-state index in [-0.39, 0.29) is 0 Å². The number of aromatic nitrogens is 3. The SMILES string of the molecule is Cc1cc2nc(-c3ccncc3)n(Cc3cccc(C#N)c3)c2cc1C. The molecule has 0 aliphatic rings. The van der Waals surface area contributed by atoms with Crippen LogP contribution in [0, 0.1) is 25.2 Å². The Labute approximate surface area is 152 Å². The summed E-state index contributed by atoms with van der Waals surface area (Å²) < 4.78 is 2.22. The number of aryl methyl sites for hydroxylation is 2. The Kier molecular flexibility index (Phi) is 3.98. The van der Waals surface area contributed by atoms with Crippen LogP contribution < -0.4 is 0 Å². The average Bonchev–Trinajstić information content (AvgIpc) is 3.00. The maximum absolute atomic E-state index is 9.18. The van der Waals surface area contributed by atoms with Crippen LogP contribution in [0.15, 0.2) is 60.9 Å². The Morgan fingerprint density at radius 2 is 1.77 bits per heavy atom. The molecule has 4 aromatic rings. The fourth-order valence-corrected chi connectivity index (χ4v) is 3.18. The highest BCUT2D eigenvalue weighted by atomic mass is 15.1. The third kappa shape index (κ3) is 2.84. The van der Waals surface area contributed by atoms with Crippen molar-refractivity contribution in [2.45, 2.75) is 20.4 Å². The first-order chi connectivity index (χ1) is 12.7. The van der Waals surface area contributed by atoms with E-state index in [1.165, 1.54) is 11.1 Å². The van der Waals surface area contributed by atoms with Crippen molar-refractivity contribution in [1.29, 1.82) is 5.26 Å². The number of hydrogen-bond donors (Lipinski definition) is 0. The number of rotatable bonds is 3. The summed E-state index contributed by atoms with van der Waals surface area (Å²) in [4.78, 5) is 9.01. The van der Waals surface area contributed by atoms with Crippen LogP contribution in [0.1, 0.15) is 22.3 Å². The zero-order valence-corrected chi connectivity index (χ0v) is 14.8. The topological polar surface area (TPSA) is 54.5 Å². The quantitative estimate of drug-likeness (QED) is 0.547. The van der Waals surface area contributed by atoms with E-state index in [9.17, 15) is 5.26 Å². The monoisotopic (exact) mass is 338 g/mol. The smallest absolute Gasteiger partial charge is 0.141 e. The molecule has 0 atom stereocenters. The minimum absolute atomic E-state index is 0.659. The van der Waals surface area contributed by atoms with Gasteiger partial charge in [-0.1, -0.05) is 12.1 Å². The summed E-state index contributed by atoms with van der Waals surface area (Å²) in [5, 5.41) is 9.18. The van der Waals surface area contributed by atoms with E-state index in [1.807, 2.05) is 36.4 Å². The number of pyridine rings is 1. The van der Waals surface area contributed by atoms with Crippen molar-refractivity contribution in [2.75, 3.05) is 0 Å². The van der Waals surface area contributed by atoms with Crippen molar-refractivity contribution in [2.24, 2.45) is 0 Å². The van der Waals surface area contributed by atoms with Gasteiger partial charge >= 0.3 is 0 Å². The fraction of sp³-hybridized carbons (Fsp3) is 0.136. The molecule has 4 heteroatoms. The van der Waals surface area contributed by atoms with Gasteiger partial charge in [-0.3, -0.25) is 4.98 Å². The standard InChI is InChI=1S/C22H18N4/c1-15-10-20-21(11-16(15)2)26(14-18-5-3-4-17(12-18)13-23)22(25-20)19-6-8-24-9-7-19/h3-12H,14H2,1-2H3. The number of benzene rings is 2. The van der Waals surface area contributed by atoms with E-state index in [1.54, 1.807) is 12.4 Å². The Morgan fingerprint density at radius 3 is 2.54 bits per heavy atom. The largest absolute Gasteiger partial charge is 0.319 e. The molecule has 0 aliphatic carbocycles. The summed E-state index contributed by atoms with van der Waals surface area (Å²) in [5.74, 6) is 0.912. The van der Waals surface area contributed by atoms with Gasteiger partial charge in [-0.15, -0.1) is 0 Å². The van der Waals surface area contributed by atoms with Gasteiger partial charge in [-0.25, -0.2) is 4.98 Å². The number of nitrogens with zero attached hydrogens (tertiary/aromatic N) is 4. The maximum Gasteiger partial charge on any atom is 0.141 e. The lowest BCUT2D eigenvalue weighted by atomic mass is 10.1. The first kappa shape index (κ1) is 16.0. The Balaban J connectivity index is 1.93. The molecule has 2 aromatic carbocycles. The zero-order chi connectivity index (χ0) is 18.1. The average molecular weight is 338 g/mol. The second-order valence-electron chi connectivity index (χ2n) is 6.49. The fourth-order valence-electron chi connectivity index (χ4n) is 3.18. The van der Waals surface area contributed by atoms with E-state index in [0.29, 0.717) is 12.1 Å². The second kappa shape index (κ2) is 6.45. The highest BCUT2D eigenvalue weighted by Crippen LogP contribution is 2.27. The van der Waals surface area contributed by atoms with Gasteiger partial charge in [0.05, 0.1) is 22.7 Å². The molecule has 0 saturated carbocycles. The van der Waals surface area contributed by atoms with Gasteiger partial charge in [0.1, 0.15) is 5.82 Å². The predicted molar refractivity (Wildman–Crippen MR) is 103 cm³/mol. The molecule has 4 rings (SSSR count). The Hall–Kier alpha value is -3.45. The van der Waals surface area contributed by atoms with Gasteiger partial charge in [0, 0.05) is 24.5 Å². The zero-order valence-electron chi connectivity index (χ0n) is 14.8. The molecule has 0 spiro atoms. The molecular weight excluding hydrogens is 320 g/mol.